The number of aliphatic hydroxyl groups excluding tert-OH is 1. The third-order valence-corrected chi connectivity index (χ3v) is 4.78. The van der Waals surface area contributed by atoms with Gasteiger partial charge in [0, 0.05) is 32.2 Å². The quantitative estimate of drug-likeness (QED) is 0.889. The molecule has 2 aliphatic heterocycles. The molecule has 0 aliphatic carbocycles. The van der Waals surface area contributed by atoms with Crippen molar-refractivity contribution in [2.75, 3.05) is 19.7 Å². The number of hydrogen-bond donors (Lipinski definition) is 1. The summed E-state index contributed by atoms with van der Waals surface area (Å²) in [5, 5.41) is 9.92. The number of pyridine rings is 1. The number of rotatable bonds is 2. The van der Waals surface area contributed by atoms with E-state index in [2.05, 4.69) is 4.98 Å². The number of ether oxygens (including phenoxy) is 2. The van der Waals surface area contributed by atoms with Crippen LogP contribution in [-0.4, -0.2) is 57.9 Å². The Bertz CT molecular complexity index is 618. The highest BCUT2D eigenvalue weighted by Gasteiger charge is 2.41. The first-order chi connectivity index (χ1) is 11.8. The van der Waals surface area contributed by atoms with Gasteiger partial charge in [0.15, 0.2) is 0 Å². The van der Waals surface area contributed by atoms with Crippen LogP contribution in [0.1, 0.15) is 56.9 Å². The number of nitrogens with zero attached hydrogens (tertiary/aromatic N) is 2. The normalized spacial score (nSPS) is 23.5. The summed E-state index contributed by atoms with van der Waals surface area (Å²) in [6, 6.07) is 5.29. The number of carbonyl (C=O) groups is 1. The Morgan fingerprint density at radius 2 is 2.08 bits per heavy atom. The maximum atomic E-state index is 12.8. The van der Waals surface area contributed by atoms with E-state index in [4.69, 9.17) is 9.47 Å². The number of likely N-dealkylation sites (tertiary alicyclic amines) is 1. The van der Waals surface area contributed by atoms with Crippen molar-refractivity contribution in [2.45, 2.75) is 63.8 Å². The van der Waals surface area contributed by atoms with Crippen molar-refractivity contribution in [1.82, 2.24) is 9.88 Å². The van der Waals surface area contributed by atoms with Gasteiger partial charge in [0.25, 0.3) is 5.91 Å². The molecule has 2 fully saturated rings. The van der Waals surface area contributed by atoms with Gasteiger partial charge in [0.1, 0.15) is 11.3 Å². The Morgan fingerprint density at radius 3 is 2.72 bits per heavy atom. The lowest BCUT2D eigenvalue weighted by atomic mass is 9.83. The van der Waals surface area contributed by atoms with Crippen molar-refractivity contribution in [1.29, 1.82) is 0 Å². The fourth-order valence-corrected chi connectivity index (χ4v) is 3.53. The Hall–Kier alpha value is -1.66. The second-order valence-corrected chi connectivity index (χ2v) is 8.05. The topological polar surface area (TPSA) is 71.9 Å². The van der Waals surface area contributed by atoms with Crippen LogP contribution in [0.5, 0.6) is 5.88 Å². The number of carbonyl (C=O) groups excluding carboxylic acids is 1. The minimum atomic E-state index is -0.356. The summed E-state index contributed by atoms with van der Waals surface area (Å²) in [4.78, 5) is 19.0. The molecular weight excluding hydrogens is 320 g/mol. The lowest BCUT2D eigenvalue weighted by molar-refractivity contribution is -0.139. The van der Waals surface area contributed by atoms with Crippen LogP contribution in [0.15, 0.2) is 18.2 Å². The standard InChI is InChI=1S/C19H28N2O4/c1-18(2,3)25-16-6-4-5-15(20-16)17(23)21-10-8-19(9-11-21)13-14(22)7-12-24-19/h4-6,14,22H,7-13H2,1-3H3. The molecule has 25 heavy (non-hydrogen) atoms. The average Bonchev–Trinajstić information content (AvgIpc) is 2.53. The molecule has 1 unspecified atom stereocenters. The Morgan fingerprint density at radius 1 is 1.36 bits per heavy atom. The largest absolute Gasteiger partial charge is 0.472 e. The van der Waals surface area contributed by atoms with E-state index in [1.54, 1.807) is 18.2 Å². The van der Waals surface area contributed by atoms with E-state index in [0.717, 1.165) is 12.8 Å². The van der Waals surface area contributed by atoms with Gasteiger partial charge in [-0.2, -0.15) is 0 Å². The first-order valence-corrected chi connectivity index (χ1v) is 9.04. The number of hydrogen-bond acceptors (Lipinski definition) is 5. The zero-order chi connectivity index (χ0) is 18.1. The third kappa shape index (κ3) is 4.50. The van der Waals surface area contributed by atoms with E-state index in [-0.39, 0.29) is 23.2 Å². The van der Waals surface area contributed by atoms with Crippen molar-refractivity contribution >= 4 is 5.91 Å². The van der Waals surface area contributed by atoms with Gasteiger partial charge in [-0.05, 0) is 46.1 Å². The van der Waals surface area contributed by atoms with Gasteiger partial charge in [-0.3, -0.25) is 4.79 Å². The van der Waals surface area contributed by atoms with E-state index in [9.17, 15) is 9.90 Å². The summed E-state index contributed by atoms with van der Waals surface area (Å²) < 4.78 is 11.7. The molecule has 1 aromatic heterocycles. The molecule has 6 nitrogen and oxygen atoms in total. The highest BCUT2D eigenvalue weighted by Crippen LogP contribution is 2.35. The monoisotopic (exact) mass is 348 g/mol. The molecule has 1 amide bonds. The number of piperidine rings is 1. The second-order valence-electron chi connectivity index (χ2n) is 8.05. The van der Waals surface area contributed by atoms with Gasteiger partial charge < -0.3 is 19.5 Å². The van der Waals surface area contributed by atoms with Crippen molar-refractivity contribution in [3.05, 3.63) is 23.9 Å². The fraction of sp³-hybridized carbons (Fsp3) is 0.684. The highest BCUT2D eigenvalue weighted by molar-refractivity contribution is 5.92. The van der Waals surface area contributed by atoms with Crippen LogP contribution >= 0.6 is 0 Å². The van der Waals surface area contributed by atoms with Crippen molar-refractivity contribution < 1.29 is 19.4 Å². The first kappa shape index (κ1) is 18.1. The molecule has 138 valence electrons. The number of amides is 1. The van der Waals surface area contributed by atoms with Crippen molar-refractivity contribution in [2.24, 2.45) is 0 Å². The Balaban J connectivity index is 1.64. The average molecular weight is 348 g/mol. The number of aromatic nitrogens is 1. The molecular formula is C19H28N2O4. The zero-order valence-electron chi connectivity index (χ0n) is 15.3. The summed E-state index contributed by atoms with van der Waals surface area (Å²) in [7, 11) is 0. The minimum absolute atomic E-state index is 0.0782. The van der Waals surface area contributed by atoms with Crippen LogP contribution in [0.2, 0.25) is 0 Å². The Kier molecular flexibility index (Phi) is 5.02. The SMILES string of the molecule is CC(C)(C)Oc1cccc(C(=O)N2CCC3(CC2)CC(O)CCO3)n1. The molecule has 0 saturated carbocycles. The van der Waals surface area contributed by atoms with Crippen molar-refractivity contribution in [3.63, 3.8) is 0 Å². The van der Waals surface area contributed by atoms with E-state index in [1.807, 2.05) is 25.7 Å². The van der Waals surface area contributed by atoms with Crippen LogP contribution in [0.25, 0.3) is 0 Å². The molecule has 3 rings (SSSR count). The van der Waals surface area contributed by atoms with Crippen LogP contribution in [0.4, 0.5) is 0 Å². The minimum Gasteiger partial charge on any atom is -0.472 e. The number of aliphatic hydroxyl groups is 1. The predicted octanol–water partition coefficient (Wildman–Crippen LogP) is 2.41. The molecule has 0 aromatic carbocycles. The van der Waals surface area contributed by atoms with Gasteiger partial charge in [-0.15, -0.1) is 0 Å². The molecule has 2 saturated heterocycles. The van der Waals surface area contributed by atoms with Gasteiger partial charge in [-0.25, -0.2) is 4.98 Å². The summed E-state index contributed by atoms with van der Waals surface area (Å²) in [5.41, 5.74) is -0.216. The molecule has 6 heteroatoms. The maximum Gasteiger partial charge on any atom is 0.272 e. The Labute approximate surface area is 149 Å². The van der Waals surface area contributed by atoms with E-state index in [0.29, 0.717) is 44.1 Å². The van der Waals surface area contributed by atoms with Crippen molar-refractivity contribution in [3.8, 4) is 5.88 Å². The van der Waals surface area contributed by atoms with Crippen LogP contribution in [0, 0.1) is 0 Å². The summed E-state index contributed by atoms with van der Waals surface area (Å²) >= 11 is 0. The van der Waals surface area contributed by atoms with Crippen LogP contribution < -0.4 is 4.74 Å². The lowest BCUT2D eigenvalue weighted by Crippen LogP contribution is -2.51. The van der Waals surface area contributed by atoms with Gasteiger partial charge >= 0.3 is 0 Å². The zero-order valence-corrected chi connectivity index (χ0v) is 15.3. The molecule has 1 atom stereocenters. The predicted molar refractivity (Wildman–Crippen MR) is 93.7 cm³/mol. The smallest absolute Gasteiger partial charge is 0.272 e. The van der Waals surface area contributed by atoms with Crippen LogP contribution in [0.3, 0.4) is 0 Å². The van der Waals surface area contributed by atoms with E-state index >= 15 is 0 Å². The molecule has 1 aromatic rings. The molecule has 0 bridgehead atoms. The molecule has 3 heterocycles. The van der Waals surface area contributed by atoms with Gasteiger partial charge in [-0.1, -0.05) is 6.07 Å². The lowest BCUT2D eigenvalue weighted by Gasteiger charge is -2.45. The van der Waals surface area contributed by atoms with Gasteiger partial charge in [0.2, 0.25) is 5.88 Å². The van der Waals surface area contributed by atoms with E-state index < -0.39 is 0 Å². The first-order valence-electron chi connectivity index (χ1n) is 9.04. The summed E-state index contributed by atoms with van der Waals surface area (Å²) in [6.45, 7) is 7.70. The molecule has 1 N–H and O–H groups in total. The molecule has 0 radical (unpaired) electrons. The molecule has 1 spiro atoms. The maximum absolute atomic E-state index is 12.8. The van der Waals surface area contributed by atoms with Gasteiger partial charge in [0.05, 0.1) is 11.7 Å². The van der Waals surface area contributed by atoms with Crippen LogP contribution in [-0.2, 0) is 4.74 Å². The summed E-state index contributed by atoms with van der Waals surface area (Å²) in [6.07, 6.45) is 2.60. The summed E-state index contributed by atoms with van der Waals surface area (Å²) in [5.74, 6) is 0.385. The second kappa shape index (κ2) is 6.92. The fourth-order valence-electron chi connectivity index (χ4n) is 3.53. The van der Waals surface area contributed by atoms with E-state index in [1.165, 1.54) is 0 Å². The molecule has 2 aliphatic rings. The highest BCUT2D eigenvalue weighted by atomic mass is 16.5. The third-order valence-electron chi connectivity index (χ3n) is 4.78.